The minimum Gasteiger partial charge on any atom is -0.342 e. The predicted molar refractivity (Wildman–Crippen MR) is 117 cm³/mol. The highest BCUT2D eigenvalue weighted by molar-refractivity contribution is 6.30. The number of hydrogen-bond acceptors (Lipinski definition) is 3. The average Bonchev–Trinajstić information content (AvgIpc) is 3.22. The summed E-state index contributed by atoms with van der Waals surface area (Å²) in [6, 6.07) is 15.3. The van der Waals surface area contributed by atoms with Gasteiger partial charge >= 0.3 is 0 Å². The first-order valence-electron chi connectivity index (χ1n) is 9.85. The number of aromatic amines is 1. The van der Waals surface area contributed by atoms with Gasteiger partial charge in [-0.15, -0.1) is 0 Å². The molecule has 5 nitrogen and oxygen atoms in total. The Kier molecular flexibility index (Phi) is 4.95. The molecule has 0 saturated heterocycles. The standard InChI is InChI=1S/C23H25ClN4O/c1-22(2)17(20-26-18-6-4-5-7-19(18)27-20)12-13-23(22,3)21(29)28-25-14-15-8-10-16(24)11-9-15/h4-11,14,17H,12-13H2,1-3H3,(H,26,27)(H,28,29)/b25-14-/t17-,23+/m0/s1. The Morgan fingerprint density at radius 1 is 1.21 bits per heavy atom. The Morgan fingerprint density at radius 2 is 1.93 bits per heavy atom. The number of hydrogen-bond donors (Lipinski definition) is 2. The van der Waals surface area contributed by atoms with E-state index >= 15 is 0 Å². The molecule has 1 aromatic heterocycles. The summed E-state index contributed by atoms with van der Waals surface area (Å²) in [6.07, 6.45) is 3.32. The van der Waals surface area contributed by atoms with Gasteiger partial charge in [0.1, 0.15) is 5.82 Å². The van der Waals surface area contributed by atoms with E-state index in [1.165, 1.54) is 0 Å². The van der Waals surface area contributed by atoms with Crippen LogP contribution in [0.15, 0.2) is 53.6 Å². The van der Waals surface area contributed by atoms with Crippen LogP contribution in [0, 0.1) is 10.8 Å². The fourth-order valence-electron chi connectivity index (χ4n) is 4.36. The number of amides is 1. The Bertz CT molecular complexity index is 1040. The summed E-state index contributed by atoms with van der Waals surface area (Å²) in [5, 5.41) is 4.84. The van der Waals surface area contributed by atoms with Crippen molar-refractivity contribution in [3.63, 3.8) is 0 Å². The summed E-state index contributed by atoms with van der Waals surface area (Å²) in [4.78, 5) is 21.4. The molecule has 0 radical (unpaired) electrons. The van der Waals surface area contributed by atoms with Gasteiger partial charge in [-0.25, -0.2) is 10.4 Å². The zero-order valence-corrected chi connectivity index (χ0v) is 17.6. The summed E-state index contributed by atoms with van der Waals surface area (Å²) in [5.74, 6) is 1.06. The van der Waals surface area contributed by atoms with E-state index in [1.807, 2.05) is 43.3 Å². The number of nitrogens with zero attached hydrogens (tertiary/aromatic N) is 2. The molecule has 1 fully saturated rings. The largest absolute Gasteiger partial charge is 0.342 e. The Hall–Kier alpha value is -2.66. The number of halogens is 1. The van der Waals surface area contributed by atoms with Crippen molar-refractivity contribution >= 4 is 34.8 Å². The highest BCUT2D eigenvalue weighted by atomic mass is 35.5. The van der Waals surface area contributed by atoms with Crippen LogP contribution < -0.4 is 5.43 Å². The molecule has 0 aliphatic heterocycles. The number of benzene rings is 2. The van der Waals surface area contributed by atoms with Gasteiger partial charge in [-0.05, 0) is 48.1 Å². The second kappa shape index (κ2) is 7.30. The normalized spacial score (nSPS) is 23.7. The third-order valence-electron chi connectivity index (χ3n) is 6.71. The molecular formula is C23H25ClN4O. The summed E-state index contributed by atoms with van der Waals surface area (Å²) in [7, 11) is 0. The number of nitrogens with one attached hydrogen (secondary N) is 2. The minimum atomic E-state index is -0.548. The lowest BCUT2D eigenvalue weighted by molar-refractivity contribution is -0.135. The molecule has 0 unspecified atom stereocenters. The van der Waals surface area contributed by atoms with Crippen molar-refractivity contribution in [3.05, 3.63) is 64.9 Å². The molecule has 6 heteroatoms. The van der Waals surface area contributed by atoms with E-state index in [0.29, 0.717) is 5.02 Å². The van der Waals surface area contributed by atoms with Crippen LogP contribution in [0.2, 0.25) is 5.02 Å². The first-order valence-corrected chi connectivity index (χ1v) is 10.2. The van der Waals surface area contributed by atoms with E-state index < -0.39 is 5.41 Å². The molecule has 0 bridgehead atoms. The topological polar surface area (TPSA) is 70.1 Å². The van der Waals surface area contributed by atoms with Crippen molar-refractivity contribution in [1.82, 2.24) is 15.4 Å². The van der Waals surface area contributed by atoms with Crippen molar-refractivity contribution in [2.45, 2.75) is 39.5 Å². The minimum absolute atomic E-state index is 0.0636. The Labute approximate surface area is 175 Å². The smallest absolute Gasteiger partial charge is 0.246 e. The van der Waals surface area contributed by atoms with Crippen LogP contribution in [0.25, 0.3) is 11.0 Å². The van der Waals surface area contributed by atoms with Gasteiger partial charge in [-0.3, -0.25) is 4.79 Å². The number of aromatic nitrogens is 2. The third kappa shape index (κ3) is 3.44. The van der Waals surface area contributed by atoms with Crippen LogP contribution in [-0.2, 0) is 4.79 Å². The molecule has 1 saturated carbocycles. The maximum absolute atomic E-state index is 13.1. The summed E-state index contributed by atoms with van der Waals surface area (Å²) in [5.41, 5.74) is 4.80. The fourth-order valence-corrected chi connectivity index (χ4v) is 4.49. The predicted octanol–water partition coefficient (Wildman–Crippen LogP) is 5.28. The van der Waals surface area contributed by atoms with Crippen LogP contribution in [0.3, 0.4) is 0 Å². The van der Waals surface area contributed by atoms with Gasteiger partial charge in [0.15, 0.2) is 0 Å². The van der Waals surface area contributed by atoms with Crippen molar-refractivity contribution in [2.75, 3.05) is 0 Å². The van der Waals surface area contributed by atoms with Crippen LogP contribution >= 0.6 is 11.6 Å². The molecule has 1 heterocycles. The van der Waals surface area contributed by atoms with Gasteiger partial charge in [-0.1, -0.05) is 56.6 Å². The molecule has 1 amide bonds. The van der Waals surface area contributed by atoms with Crippen LogP contribution in [0.1, 0.15) is 50.9 Å². The van der Waals surface area contributed by atoms with E-state index in [-0.39, 0.29) is 17.2 Å². The van der Waals surface area contributed by atoms with Crippen LogP contribution in [0.5, 0.6) is 0 Å². The second-order valence-electron chi connectivity index (χ2n) is 8.53. The molecule has 4 rings (SSSR count). The highest BCUT2D eigenvalue weighted by Gasteiger charge is 2.57. The van der Waals surface area contributed by atoms with Gasteiger partial charge in [0.25, 0.3) is 0 Å². The molecule has 1 aliphatic carbocycles. The monoisotopic (exact) mass is 408 g/mol. The second-order valence-corrected chi connectivity index (χ2v) is 8.97. The van der Waals surface area contributed by atoms with Crippen LogP contribution in [0.4, 0.5) is 0 Å². The molecule has 3 aromatic rings. The lowest BCUT2D eigenvalue weighted by Crippen LogP contribution is -2.45. The number of carbonyl (C=O) groups excluding carboxylic acids is 1. The molecule has 29 heavy (non-hydrogen) atoms. The van der Waals surface area contributed by atoms with Gasteiger partial charge in [0.2, 0.25) is 5.91 Å². The van der Waals surface area contributed by atoms with Gasteiger partial charge in [0, 0.05) is 10.9 Å². The zero-order valence-electron chi connectivity index (χ0n) is 16.9. The van der Waals surface area contributed by atoms with Crippen LogP contribution in [-0.4, -0.2) is 22.1 Å². The number of fused-ring (bicyclic) bond motifs is 1. The highest BCUT2D eigenvalue weighted by Crippen LogP contribution is 2.59. The SMILES string of the molecule is CC1(C)[C@H](c2nc3ccccc3[nH]2)CC[C@]1(C)C(=O)N/N=C\c1ccc(Cl)cc1. The third-order valence-corrected chi connectivity index (χ3v) is 6.97. The number of para-hydroxylation sites is 2. The quantitative estimate of drug-likeness (QED) is 0.455. The van der Waals surface area contributed by atoms with Crippen molar-refractivity contribution in [3.8, 4) is 0 Å². The number of carbonyl (C=O) groups is 1. The molecule has 2 aromatic carbocycles. The molecule has 0 spiro atoms. The number of H-pyrrole nitrogens is 1. The van der Waals surface area contributed by atoms with Crippen molar-refractivity contribution in [2.24, 2.45) is 15.9 Å². The van der Waals surface area contributed by atoms with Crippen molar-refractivity contribution in [1.29, 1.82) is 0 Å². The van der Waals surface area contributed by atoms with E-state index in [2.05, 4.69) is 29.4 Å². The van der Waals surface area contributed by atoms with E-state index in [4.69, 9.17) is 16.6 Å². The summed E-state index contributed by atoms with van der Waals surface area (Å²) < 4.78 is 0. The van der Waals surface area contributed by atoms with E-state index in [9.17, 15) is 4.79 Å². The average molecular weight is 409 g/mol. The first-order chi connectivity index (χ1) is 13.8. The maximum atomic E-state index is 13.1. The van der Waals surface area contributed by atoms with E-state index in [0.717, 1.165) is 35.3 Å². The molecule has 150 valence electrons. The van der Waals surface area contributed by atoms with E-state index in [1.54, 1.807) is 18.3 Å². The number of hydrazone groups is 1. The Balaban J connectivity index is 1.52. The molecule has 2 atom stereocenters. The molecule has 2 N–H and O–H groups in total. The molecular weight excluding hydrogens is 384 g/mol. The fraction of sp³-hybridized carbons (Fsp3) is 0.348. The molecule has 1 aliphatic rings. The maximum Gasteiger partial charge on any atom is 0.246 e. The van der Waals surface area contributed by atoms with Gasteiger partial charge < -0.3 is 4.98 Å². The van der Waals surface area contributed by atoms with Crippen molar-refractivity contribution < 1.29 is 4.79 Å². The number of rotatable bonds is 4. The lowest BCUT2D eigenvalue weighted by atomic mass is 9.65. The van der Waals surface area contributed by atoms with Gasteiger partial charge in [-0.2, -0.15) is 5.10 Å². The van der Waals surface area contributed by atoms with Gasteiger partial charge in [0.05, 0.1) is 22.7 Å². The summed E-state index contributed by atoms with van der Waals surface area (Å²) >= 11 is 5.90. The number of imidazole rings is 1. The lowest BCUT2D eigenvalue weighted by Gasteiger charge is -2.39. The Morgan fingerprint density at radius 3 is 2.66 bits per heavy atom. The first kappa shape index (κ1) is 19.6. The zero-order chi connectivity index (χ0) is 20.6. The summed E-state index contributed by atoms with van der Waals surface area (Å²) in [6.45, 7) is 6.34.